The zero-order chi connectivity index (χ0) is 18.6. The molecule has 1 aliphatic rings. The third-order valence-electron chi connectivity index (χ3n) is 4.65. The largest absolute Gasteiger partial charge is 0.494 e. The Morgan fingerprint density at radius 3 is 2.23 bits per heavy atom. The Morgan fingerprint density at radius 1 is 1.04 bits per heavy atom. The highest BCUT2D eigenvalue weighted by atomic mass is 32.2. The Balaban J connectivity index is 1.64. The van der Waals surface area contributed by atoms with Crippen LogP contribution < -0.4 is 4.74 Å². The first kappa shape index (κ1) is 18.5. The van der Waals surface area contributed by atoms with Crippen LogP contribution in [0.5, 0.6) is 5.75 Å². The molecule has 0 saturated carbocycles. The summed E-state index contributed by atoms with van der Waals surface area (Å²) in [6.45, 7) is 3.38. The Kier molecular flexibility index (Phi) is 5.61. The minimum absolute atomic E-state index is 0.0661. The van der Waals surface area contributed by atoms with Gasteiger partial charge >= 0.3 is 0 Å². The van der Waals surface area contributed by atoms with E-state index in [1.807, 2.05) is 6.92 Å². The topological polar surface area (TPSA) is 63.7 Å². The standard InChI is InChI=1S/C20H23NO4S/c1-2-25-17-10-8-16(9-11-17)20(22)21-14-12-19(13-15-21)26(23,24)18-6-4-3-5-7-18/h3-11,19H,2,12-15H2,1H3. The molecule has 0 bridgehead atoms. The highest BCUT2D eigenvalue weighted by Gasteiger charge is 2.32. The molecule has 1 saturated heterocycles. The number of amides is 1. The van der Waals surface area contributed by atoms with E-state index >= 15 is 0 Å². The Bertz CT molecular complexity index is 839. The minimum Gasteiger partial charge on any atom is -0.494 e. The zero-order valence-corrected chi connectivity index (χ0v) is 15.6. The molecule has 26 heavy (non-hydrogen) atoms. The van der Waals surface area contributed by atoms with Crippen LogP contribution in [-0.4, -0.2) is 44.2 Å². The van der Waals surface area contributed by atoms with Gasteiger partial charge in [0.2, 0.25) is 0 Å². The summed E-state index contributed by atoms with van der Waals surface area (Å²) >= 11 is 0. The Morgan fingerprint density at radius 2 is 1.65 bits per heavy atom. The number of benzene rings is 2. The van der Waals surface area contributed by atoms with Crippen molar-refractivity contribution in [3.8, 4) is 5.75 Å². The number of ether oxygens (including phenoxy) is 1. The maximum atomic E-state index is 12.7. The van der Waals surface area contributed by atoms with Gasteiger partial charge in [0.15, 0.2) is 9.84 Å². The molecule has 1 fully saturated rings. The van der Waals surface area contributed by atoms with Crippen molar-refractivity contribution >= 4 is 15.7 Å². The predicted molar refractivity (Wildman–Crippen MR) is 100 cm³/mol. The lowest BCUT2D eigenvalue weighted by molar-refractivity contribution is 0.0725. The molecule has 0 unspecified atom stereocenters. The smallest absolute Gasteiger partial charge is 0.253 e. The predicted octanol–water partition coefficient (Wildman–Crippen LogP) is 3.16. The molecular weight excluding hydrogens is 350 g/mol. The zero-order valence-electron chi connectivity index (χ0n) is 14.8. The third kappa shape index (κ3) is 3.90. The van der Waals surface area contributed by atoms with Crippen LogP contribution in [-0.2, 0) is 9.84 Å². The lowest BCUT2D eigenvalue weighted by Gasteiger charge is -2.31. The first-order valence-corrected chi connectivity index (χ1v) is 10.4. The number of rotatable bonds is 5. The number of hydrogen-bond acceptors (Lipinski definition) is 4. The molecule has 0 radical (unpaired) electrons. The fourth-order valence-electron chi connectivity index (χ4n) is 3.21. The normalized spacial score (nSPS) is 15.7. The van der Waals surface area contributed by atoms with E-state index in [0.29, 0.717) is 43.0 Å². The minimum atomic E-state index is -3.34. The molecule has 1 aliphatic heterocycles. The molecule has 1 amide bonds. The molecular formula is C20H23NO4S. The van der Waals surface area contributed by atoms with Crippen molar-refractivity contribution in [2.45, 2.75) is 29.9 Å². The molecule has 6 heteroatoms. The summed E-state index contributed by atoms with van der Waals surface area (Å²) in [5.41, 5.74) is 0.595. The highest BCUT2D eigenvalue weighted by molar-refractivity contribution is 7.92. The molecule has 3 rings (SSSR count). The van der Waals surface area contributed by atoms with Crippen molar-refractivity contribution < 1.29 is 17.9 Å². The average molecular weight is 373 g/mol. The van der Waals surface area contributed by atoms with Gasteiger partial charge in [0.25, 0.3) is 5.91 Å². The van der Waals surface area contributed by atoms with Crippen LogP contribution in [0, 0.1) is 0 Å². The van der Waals surface area contributed by atoms with E-state index in [2.05, 4.69) is 0 Å². The van der Waals surface area contributed by atoms with Crippen molar-refractivity contribution in [3.05, 3.63) is 60.2 Å². The lowest BCUT2D eigenvalue weighted by Crippen LogP contribution is -2.42. The quantitative estimate of drug-likeness (QED) is 0.808. The van der Waals surface area contributed by atoms with Crippen molar-refractivity contribution in [1.82, 2.24) is 4.90 Å². The van der Waals surface area contributed by atoms with E-state index in [0.717, 1.165) is 5.75 Å². The third-order valence-corrected chi connectivity index (χ3v) is 6.93. The van der Waals surface area contributed by atoms with Crippen LogP contribution in [0.1, 0.15) is 30.1 Å². The number of carbonyl (C=O) groups excluding carboxylic acids is 1. The van der Waals surface area contributed by atoms with E-state index in [-0.39, 0.29) is 5.91 Å². The SMILES string of the molecule is CCOc1ccc(C(=O)N2CCC(S(=O)(=O)c3ccccc3)CC2)cc1. The summed E-state index contributed by atoms with van der Waals surface area (Å²) in [6.07, 6.45) is 0.917. The van der Waals surface area contributed by atoms with Gasteiger partial charge < -0.3 is 9.64 Å². The van der Waals surface area contributed by atoms with E-state index in [4.69, 9.17) is 4.74 Å². The number of likely N-dealkylation sites (tertiary alicyclic amines) is 1. The van der Waals surface area contributed by atoms with Crippen LogP contribution in [0.15, 0.2) is 59.5 Å². The molecule has 5 nitrogen and oxygen atoms in total. The fourth-order valence-corrected chi connectivity index (χ4v) is 4.97. The van der Waals surface area contributed by atoms with Gasteiger partial charge in [0.1, 0.15) is 5.75 Å². The van der Waals surface area contributed by atoms with Crippen molar-refractivity contribution in [2.24, 2.45) is 0 Å². The summed E-state index contributed by atoms with van der Waals surface area (Å²) in [7, 11) is -3.34. The Hall–Kier alpha value is -2.34. The number of piperidine rings is 1. The number of nitrogens with zero attached hydrogens (tertiary/aromatic N) is 1. The van der Waals surface area contributed by atoms with Crippen molar-refractivity contribution in [2.75, 3.05) is 19.7 Å². The van der Waals surface area contributed by atoms with Gasteiger partial charge in [-0.2, -0.15) is 0 Å². The van der Waals surface area contributed by atoms with E-state index in [9.17, 15) is 13.2 Å². The summed E-state index contributed by atoms with van der Waals surface area (Å²) < 4.78 is 30.8. The summed E-state index contributed by atoms with van der Waals surface area (Å²) in [4.78, 5) is 14.7. The van der Waals surface area contributed by atoms with Gasteiger partial charge in [-0.3, -0.25) is 4.79 Å². The lowest BCUT2D eigenvalue weighted by atomic mass is 10.1. The van der Waals surface area contributed by atoms with Crippen LogP contribution in [0.3, 0.4) is 0 Å². The van der Waals surface area contributed by atoms with Gasteiger partial charge in [0, 0.05) is 18.7 Å². The Labute approximate surface area is 154 Å². The van der Waals surface area contributed by atoms with Crippen LogP contribution in [0.4, 0.5) is 0 Å². The fraction of sp³-hybridized carbons (Fsp3) is 0.350. The second-order valence-corrected chi connectivity index (χ2v) is 8.54. The highest BCUT2D eigenvalue weighted by Crippen LogP contribution is 2.25. The molecule has 0 spiro atoms. The maximum Gasteiger partial charge on any atom is 0.253 e. The second kappa shape index (κ2) is 7.91. The van der Waals surface area contributed by atoms with Gasteiger partial charge in [-0.25, -0.2) is 8.42 Å². The van der Waals surface area contributed by atoms with Gasteiger partial charge in [-0.05, 0) is 56.2 Å². The molecule has 2 aromatic carbocycles. The van der Waals surface area contributed by atoms with Crippen LogP contribution in [0.2, 0.25) is 0 Å². The summed E-state index contributed by atoms with van der Waals surface area (Å²) in [5.74, 6) is 0.667. The molecule has 0 aliphatic carbocycles. The first-order valence-electron chi connectivity index (χ1n) is 8.83. The van der Waals surface area contributed by atoms with Crippen LogP contribution >= 0.6 is 0 Å². The van der Waals surface area contributed by atoms with Crippen molar-refractivity contribution in [1.29, 1.82) is 0 Å². The van der Waals surface area contributed by atoms with Gasteiger partial charge in [-0.1, -0.05) is 18.2 Å². The molecule has 1 heterocycles. The van der Waals surface area contributed by atoms with E-state index in [1.165, 1.54) is 0 Å². The maximum absolute atomic E-state index is 12.7. The van der Waals surface area contributed by atoms with Crippen LogP contribution in [0.25, 0.3) is 0 Å². The summed E-state index contributed by atoms with van der Waals surface area (Å²) in [5, 5.41) is -0.436. The second-order valence-electron chi connectivity index (χ2n) is 6.31. The molecule has 138 valence electrons. The molecule has 0 atom stereocenters. The first-order chi connectivity index (χ1) is 12.5. The summed E-state index contributed by atoms with van der Waals surface area (Å²) in [6, 6.07) is 15.6. The monoisotopic (exact) mass is 373 g/mol. The van der Waals surface area contributed by atoms with E-state index in [1.54, 1.807) is 59.5 Å². The van der Waals surface area contributed by atoms with Crippen molar-refractivity contribution in [3.63, 3.8) is 0 Å². The molecule has 2 aromatic rings. The molecule has 0 aromatic heterocycles. The van der Waals surface area contributed by atoms with Gasteiger partial charge in [-0.15, -0.1) is 0 Å². The average Bonchev–Trinajstić information content (AvgIpc) is 2.69. The van der Waals surface area contributed by atoms with E-state index < -0.39 is 15.1 Å². The number of sulfone groups is 1. The number of carbonyl (C=O) groups is 1. The van der Waals surface area contributed by atoms with Gasteiger partial charge in [0.05, 0.1) is 16.8 Å². The number of hydrogen-bond donors (Lipinski definition) is 0. The molecule has 0 N–H and O–H groups in total.